The van der Waals surface area contributed by atoms with E-state index in [1.54, 1.807) is 23.5 Å². The fourth-order valence-electron chi connectivity index (χ4n) is 2.09. The van der Waals surface area contributed by atoms with E-state index >= 15 is 0 Å². The Morgan fingerprint density at radius 2 is 1.40 bits per heavy atom. The van der Waals surface area contributed by atoms with E-state index in [9.17, 15) is 4.39 Å². The molecule has 0 aliphatic heterocycles. The highest BCUT2D eigenvalue weighted by atomic mass is 32.1. The molecule has 0 aliphatic rings. The molecule has 20 heavy (non-hydrogen) atoms. The summed E-state index contributed by atoms with van der Waals surface area (Å²) in [7, 11) is 0. The number of halogens is 1. The van der Waals surface area contributed by atoms with Crippen LogP contribution in [0.4, 0.5) is 15.8 Å². The molecule has 0 atom stereocenters. The number of nitrogens with two attached hydrogens (primary N) is 2. The molecule has 0 spiro atoms. The second-order valence-electron chi connectivity index (χ2n) is 4.52. The maximum absolute atomic E-state index is 13.2. The van der Waals surface area contributed by atoms with Crippen molar-refractivity contribution in [2.24, 2.45) is 0 Å². The van der Waals surface area contributed by atoms with Gasteiger partial charge in [0.05, 0.1) is 16.3 Å². The third-order valence-corrected chi connectivity index (χ3v) is 4.15. The Labute approximate surface area is 120 Å². The minimum absolute atomic E-state index is 0.161. The van der Waals surface area contributed by atoms with Crippen LogP contribution >= 0.6 is 11.3 Å². The lowest BCUT2D eigenvalue weighted by atomic mass is 10.0. The maximum atomic E-state index is 13.2. The van der Waals surface area contributed by atoms with Crippen molar-refractivity contribution in [1.82, 2.24) is 0 Å². The Kier molecular flexibility index (Phi) is 3.16. The summed E-state index contributed by atoms with van der Waals surface area (Å²) in [6, 6.07) is 14.6. The first-order chi connectivity index (χ1) is 9.65. The van der Waals surface area contributed by atoms with Crippen molar-refractivity contribution in [2.45, 2.75) is 0 Å². The van der Waals surface area contributed by atoms with Crippen LogP contribution in [0, 0.1) is 5.82 Å². The summed E-state index contributed by atoms with van der Waals surface area (Å²) >= 11 is 1.61. The molecule has 2 nitrogen and oxygen atoms in total. The second-order valence-corrected chi connectivity index (χ2v) is 5.43. The molecule has 0 unspecified atom stereocenters. The van der Waals surface area contributed by atoms with Crippen LogP contribution in [-0.4, -0.2) is 0 Å². The fourth-order valence-corrected chi connectivity index (χ4v) is 2.92. The fraction of sp³-hybridized carbons (Fsp3) is 0. The average molecular weight is 284 g/mol. The third kappa shape index (κ3) is 2.26. The molecule has 3 aromatic rings. The van der Waals surface area contributed by atoms with Gasteiger partial charge in [-0.25, -0.2) is 4.39 Å². The Hall–Kier alpha value is -2.33. The van der Waals surface area contributed by atoms with Gasteiger partial charge in [-0.3, -0.25) is 0 Å². The van der Waals surface area contributed by atoms with Crippen LogP contribution in [0.5, 0.6) is 0 Å². The van der Waals surface area contributed by atoms with Gasteiger partial charge in [0.25, 0.3) is 0 Å². The highest BCUT2D eigenvalue weighted by Gasteiger charge is 2.06. The number of nitrogen functional groups attached to an aromatic ring is 2. The molecule has 3 rings (SSSR count). The molecule has 0 saturated heterocycles. The van der Waals surface area contributed by atoms with Crippen LogP contribution in [0.25, 0.3) is 21.6 Å². The largest absolute Gasteiger partial charge is 0.398 e. The third-order valence-electron chi connectivity index (χ3n) is 3.17. The molecule has 0 bridgehead atoms. The number of hydrogen-bond acceptors (Lipinski definition) is 3. The molecule has 0 aliphatic carbocycles. The molecular formula is C16H13FN2S. The number of anilines is 2. The van der Waals surface area contributed by atoms with Gasteiger partial charge in [0.1, 0.15) is 5.82 Å². The smallest absolute Gasteiger partial charge is 0.146 e. The quantitative estimate of drug-likeness (QED) is 0.686. The summed E-state index contributed by atoms with van der Waals surface area (Å²) in [5.41, 5.74) is 15.4. The molecule has 1 aromatic heterocycles. The Morgan fingerprint density at radius 1 is 0.750 bits per heavy atom. The van der Waals surface area contributed by atoms with E-state index in [2.05, 4.69) is 0 Å². The van der Waals surface area contributed by atoms with Crippen LogP contribution in [0.2, 0.25) is 0 Å². The summed E-state index contributed by atoms with van der Waals surface area (Å²) in [4.78, 5) is 1.06. The first kappa shape index (κ1) is 12.7. The van der Waals surface area contributed by atoms with Gasteiger partial charge in [0.15, 0.2) is 0 Å². The van der Waals surface area contributed by atoms with Crippen molar-refractivity contribution < 1.29 is 4.39 Å². The Morgan fingerprint density at radius 3 is 2.00 bits per heavy atom. The zero-order valence-electron chi connectivity index (χ0n) is 10.6. The van der Waals surface area contributed by atoms with Crippen LogP contribution in [0.3, 0.4) is 0 Å². The van der Waals surface area contributed by atoms with Gasteiger partial charge >= 0.3 is 0 Å². The number of hydrogen-bond donors (Lipinski definition) is 2. The van der Waals surface area contributed by atoms with E-state index in [-0.39, 0.29) is 5.69 Å². The van der Waals surface area contributed by atoms with Crippen molar-refractivity contribution >= 4 is 22.7 Å². The monoisotopic (exact) mass is 284 g/mol. The van der Waals surface area contributed by atoms with Crippen molar-refractivity contribution in [1.29, 1.82) is 0 Å². The molecule has 100 valence electrons. The summed E-state index contributed by atoms with van der Waals surface area (Å²) in [5.74, 6) is -0.392. The van der Waals surface area contributed by atoms with Gasteiger partial charge in [0.2, 0.25) is 0 Å². The van der Waals surface area contributed by atoms with Crippen LogP contribution in [0.15, 0.2) is 53.9 Å². The molecule has 2 aromatic carbocycles. The first-order valence-electron chi connectivity index (χ1n) is 6.14. The highest BCUT2D eigenvalue weighted by Crippen LogP contribution is 2.33. The molecule has 4 N–H and O–H groups in total. The zero-order chi connectivity index (χ0) is 14.1. The molecular weight excluding hydrogens is 271 g/mol. The van der Waals surface area contributed by atoms with Gasteiger partial charge in [-0.05, 0) is 40.3 Å². The summed E-state index contributed by atoms with van der Waals surface area (Å²) in [5, 5.41) is 1.97. The minimum atomic E-state index is -0.392. The standard InChI is InChI=1S/C16H13FN2S/c17-13-6-5-12(9-15(13)19)10-1-3-11(4-2-10)16-14(18)7-8-20-16/h1-9H,18-19H2. The van der Waals surface area contributed by atoms with Crippen LogP contribution in [0.1, 0.15) is 0 Å². The topological polar surface area (TPSA) is 52.0 Å². The number of rotatable bonds is 2. The number of benzene rings is 2. The minimum Gasteiger partial charge on any atom is -0.398 e. The summed E-state index contributed by atoms with van der Waals surface area (Å²) in [6.45, 7) is 0. The van der Waals surface area contributed by atoms with Gasteiger partial charge < -0.3 is 11.5 Å². The molecule has 0 saturated carbocycles. The summed E-state index contributed by atoms with van der Waals surface area (Å²) in [6.07, 6.45) is 0. The molecule has 4 heteroatoms. The maximum Gasteiger partial charge on any atom is 0.146 e. The zero-order valence-corrected chi connectivity index (χ0v) is 11.5. The molecule has 0 radical (unpaired) electrons. The predicted molar refractivity (Wildman–Crippen MR) is 84.0 cm³/mol. The molecule has 0 fully saturated rings. The Balaban J connectivity index is 1.97. The van der Waals surface area contributed by atoms with Crippen molar-refractivity contribution in [3.8, 4) is 21.6 Å². The van der Waals surface area contributed by atoms with Crippen LogP contribution in [-0.2, 0) is 0 Å². The van der Waals surface area contributed by atoms with E-state index in [0.717, 1.165) is 27.3 Å². The van der Waals surface area contributed by atoms with Gasteiger partial charge in [-0.1, -0.05) is 30.3 Å². The number of thiophene rings is 1. The van der Waals surface area contributed by atoms with Crippen molar-refractivity contribution in [3.63, 3.8) is 0 Å². The van der Waals surface area contributed by atoms with Crippen molar-refractivity contribution in [2.75, 3.05) is 11.5 Å². The molecule has 0 amide bonds. The van der Waals surface area contributed by atoms with E-state index in [4.69, 9.17) is 11.5 Å². The summed E-state index contributed by atoms with van der Waals surface area (Å²) < 4.78 is 13.2. The van der Waals surface area contributed by atoms with E-state index in [1.165, 1.54) is 6.07 Å². The second kappa shape index (κ2) is 4.98. The average Bonchev–Trinajstić information content (AvgIpc) is 2.88. The van der Waals surface area contributed by atoms with Gasteiger partial charge in [-0.15, -0.1) is 11.3 Å². The first-order valence-corrected chi connectivity index (χ1v) is 7.02. The van der Waals surface area contributed by atoms with E-state index < -0.39 is 5.82 Å². The SMILES string of the molecule is Nc1cc(-c2ccc(-c3sccc3N)cc2)ccc1F. The van der Waals surface area contributed by atoms with Crippen molar-refractivity contribution in [3.05, 3.63) is 59.7 Å². The lowest BCUT2D eigenvalue weighted by molar-refractivity contribution is 0.632. The lowest BCUT2D eigenvalue weighted by Gasteiger charge is -2.06. The van der Waals surface area contributed by atoms with E-state index in [0.29, 0.717) is 0 Å². The highest BCUT2D eigenvalue weighted by molar-refractivity contribution is 7.14. The Bertz CT molecular complexity index is 747. The lowest BCUT2D eigenvalue weighted by Crippen LogP contribution is -1.90. The van der Waals surface area contributed by atoms with Gasteiger partial charge in [-0.2, -0.15) is 0 Å². The van der Waals surface area contributed by atoms with Gasteiger partial charge in [0, 0.05) is 0 Å². The van der Waals surface area contributed by atoms with E-state index in [1.807, 2.05) is 35.7 Å². The van der Waals surface area contributed by atoms with Crippen LogP contribution < -0.4 is 11.5 Å². The normalized spacial score (nSPS) is 10.7. The predicted octanol–water partition coefficient (Wildman–Crippen LogP) is 4.39. The molecule has 1 heterocycles.